The van der Waals surface area contributed by atoms with Crippen LogP contribution in [0.2, 0.25) is 0 Å². The second kappa shape index (κ2) is 8.95. The Morgan fingerprint density at radius 2 is 2.11 bits per heavy atom. The molecule has 2 aromatic heterocycles. The van der Waals surface area contributed by atoms with E-state index in [2.05, 4.69) is 20.5 Å². The molecule has 4 heterocycles. The number of anilines is 2. The molecule has 8 nitrogen and oxygen atoms in total. The van der Waals surface area contributed by atoms with Crippen LogP contribution in [0.25, 0.3) is 0 Å². The maximum absolute atomic E-state index is 13.6. The van der Waals surface area contributed by atoms with Gasteiger partial charge in [0.15, 0.2) is 0 Å². The SMILES string of the molecule is C[C@H](Cc1nncn1C)c1cc(N[C@@H]2CCOC2)nc(N2Cc3c(cccc3C(F)(F)F)C2=O)c1. The predicted molar refractivity (Wildman–Crippen MR) is 122 cm³/mol. The smallest absolute Gasteiger partial charge is 0.379 e. The molecule has 0 aliphatic carbocycles. The zero-order valence-corrected chi connectivity index (χ0v) is 19.3. The van der Waals surface area contributed by atoms with E-state index in [1.807, 2.05) is 24.6 Å². The summed E-state index contributed by atoms with van der Waals surface area (Å²) in [7, 11) is 1.87. The van der Waals surface area contributed by atoms with Crippen molar-refractivity contribution in [2.75, 3.05) is 23.4 Å². The van der Waals surface area contributed by atoms with Crippen LogP contribution < -0.4 is 10.2 Å². The Labute approximate surface area is 200 Å². The van der Waals surface area contributed by atoms with Gasteiger partial charge < -0.3 is 14.6 Å². The van der Waals surface area contributed by atoms with Crippen LogP contribution in [0.3, 0.4) is 0 Å². The Morgan fingerprint density at radius 3 is 2.80 bits per heavy atom. The summed E-state index contributed by atoms with van der Waals surface area (Å²) in [5.74, 6) is 1.16. The average Bonchev–Trinajstić information content (AvgIpc) is 3.54. The molecule has 2 aliphatic heterocycles. The van der Waals surface area contributed by atoms with Gasteiger partial charge in [-0.25, -0.2) is 4.98 Å². The van der Waals surface area contributed by atoms with Crippen LogP contribution in [0.4, 0.5) is 24.8 Å². The second-order valence-electron chi connectivity index (χ2n) is 9.03. The fourth-order valence-electron chi connectivity index (χ4n) is 4.56. The van der Waals surface area contributed by atoms with Crippen molar-refractivity contribution in [1.29, 1.82) is 0 Å². The maximum atomic E-state index is 13.6. The van der Waals surface area contributed by atoms with Gasteiger partial charge in [0, 0.05) is 25.6 Å². The van der Waals surface area contributed by atoms with Gasteiger partial charge in [-0.15, -0.1) is 10.2 Å². The van der Waals surface area contributed by atoms with Crippen molar-refractivity contribution >= 4 is 17.5 Å². The average molecular weight is 486 g/mol. The number of carbonyl (C=O) groups is 1. The fourth-order valence-corrected chi connectivity index (χ4v) is 4.56. The summed E-state index contributed by atoms with van der Waals surface area (Å²) in [4.78, 5) is 19.1. The molecule has 0 bridgehead atoms. The Morgan fingerprint density at radius 1 is 1.29 bits per heavy atom. The van der Waals surface area contributed by atoms with Crippen molar-refractivity contribution in [3.63, 3.8) is 0 Å². The lowest BCUT2D eigenvalue weighted by molar-refractivity contribution is -0.138. The number of halogens is 3. The molecule has 5 rings (SSSR count). The highest BCUT2D eigenvalue weighted by Gasteiger charge is 2.40. The van der Waals surface area contributed by atoms with Crippen molar-refractivity contribution in [3.8, 4) is 0 Å². The molecule has 184 valence electrons. The van der Waals surface area contributed by atoms with Gasteiger partial charge in [0.2, 0.25) is 0 Å². The molecule has 0 unspecified atom stereocenters. The van der Waals surface area contributed by atoms with Crippen LogP contribution in [0.1, 0.15) is 52.1 Å². The number of nitrogens with zero attached hydrogens (tertiary/aromatic N) is 5. The van der Waals surface area contributed by atoms with E-state index < -0.39 is 17.6 Å². The van der Waals surface area contributed by atoms with Gasteiger partial charge >= 0.3 is 6.18 Å². The van der Waals surface area contributed by atoms with E-state index in [1.54, 1.807) is 12.4 Å². The summed E-state index contributed by atoms with van der Waals surface area (Å²) in [6.45, 7) is 3.02. The monoisotopic (exact) mass is 486 g/mol. The zero-order valence-electron chi connectivity index (χ0n) is 19.3. The first-order valence-corrected chi connectivity index (χ1v) is 11.4. The number of fused-ring (bicyclic) bond motifs is 1. The van der Waals surface area contributed by atoms with Gasteiger partial charge in [0.1, 0.15) is 23.8 Å². The summed E-state index contributed by atoms with van der Waals surface area (Å²) in [6.07, 6.45) is -1.50. The third-order valence-corrected chi connectivity index (χ3v) is 6.53. The van der Waals surface area contributed by atoms with Gasteiger partial charge in [-0.1, -0.05) is 13.0 Å². The highest BCUT2D eigenvalue weighted by molar-refractivity contribution is 6.10. The quantitative estimate of drug-likeness (QED) is 0.568. The summed E-state index contributed by atoms with van der Waals surface area (Å²) in [5.41, 5.74) is 0.124. The van der Waals surface area contributed by atoms with E-state index in [-0.39, 0.29) is 29.6 Å². The number of aryl methyl sites for hydroxylation is 1. The molecule has 35 heavy (non-hydrogen) atoms. The molecule has 11 heteroatoms. The molecule has 1 amide bonds. The highest BCUT2D eigenvalue weighted by atomic mass is 19.4. The minimum absolute atomic E-state index is 0.00848. The second-order valence-corrected chi connectivity index (χ2v) is 9.03. The number of benzene rings is 1. The number of pyridine rings is 1. The van der Waals surface area contributed by atoms with Crippen LogP contribution in [0.5, 0.6) is 0 Å². The van der Waals surface area contributed by atoms with Crippen LogP contribution >= 0.6 is 0 Å². The summed E-state index contributed by atoms with van der Waals surface area (Å²) in [6, 6.07) is 7.47. The molecule has 1 aromatic carbocycles. The number of hydrogen-bond donors (Lipinski definition) is 1. The number of hydrogen-bond acceptors (Lipinski definition) is 6. The molecular formula is C24H25F3N6O2. The van der Waals surface area contributed by atoms with Crippen molar-refractivity contribution < 1.29 is 22.7 Å². The molecule has 0 saturated carbocycles. The first-order chi connectivity index (χ1) is 16.7. The molecule has 2 aliphatic rings. The number of amides is 1. The highest BCUT2D eigenvalue weighted by Crippen LogP contribution is 2.39. The molecule has 0 spiro atoms. The van der Waals surface area contributed by atoms with Crippen molar-refractivity contribution in [2.24, 2.45) is 7.05 Å². The molecule has 2 atom stereocenters. The fraction of sp³-hybridized carbons (Fsp3) is 0.417. The molecule has 1 fully saturated rings. The van der Waals surface area contributed by atoms with E-state index in [0.29, 0.717) is 31.3 Å². The van der Waals surface area contributed by atoms with Crippen LogP contribution in [-0.2, 0) is 30.9 Å². The largest absolute Gasteiger partial charge is 0.416 e. The van der Waals surface area contributed by atoms with E-state index in [0.717, 1.165) is 23.9 Å². The minimum Gasteiger partial charge on any atom is -0.379 e. The topological polar surface area (TPSA) is 85.2 Å². The summed E-state index contributed by atoms with van der Waals surface area (Å²) < 4.78 is 48.1. The normalized spacial score (nSPS) is 18.7. The maximum Gasteiger partial charge on any atom is 0.416 e. The standard InChI is InChI=1S/C24H25F3N6O2/c1-14(8-22-31-28-13-32(22)2)15-9-20(29-16-6-7-35-12-16)30-21(10-15)33-11-18-17(23(33)34)4-3-5-19(18)24(25,26)27/h3-5,9-10,13-14,16H,6-8,11-12H2,1-2H3,(H,29,30)/t14-,16-/m1/s1. The first kappa shape index (κ1) is 23.3. The van der Waals surface area contributed by atoms with E-state index in [9.17, 15) is 18.0 Å². The molecular weight excluding hydrogens is 461 g/mol. The minimum atomic E-state index is -4.54. The van der Waals surface area contributed by atoms with Crippen molar-refractivity contribution in [3.05, 3.63) is 64.7 Å². The Hall–Kier alpha value is -3.47. The third kappa shape index (κ3) is 4.60. The number of aromatic nitrogens is 4. The number of alkyl halides is 3. The number of carbonyl (C=O) groups excluding carboxylic acids is 1. The van der Waals surface area contributed by atoms with Crippen LogP contribution in [0.15, 0.2) is 36.7 Å². The van der Waals surface area contributed by atoms with Gasteiger partial charge in [-0.3, -0.25) is 9.69 Å². The number of nitrogens with one attached hydrogen (secondary N) is 1. The van der Waals surface area contributed by atoms with Gasteiger partial charge in [-0.05, 0) is 47.7 Å². The van der Waals surface area contributed by atoms with Crippen molar-refractivity contribution in [2.45, 2.75) is 44.4 Å². The zero-order chi connectivity index (χ0) is 24.7. The molecule has 1 N–H and O–H groups in total. The lowest BCUT2D eigenvalue weighted by atomic mass is 9.97. The summed E-state index contributed by atoms with van der Waals surface area (Å²) in [5, 5.41) is 11.4. The van der Waals surface area contributed by atoms with E-state index >= 15 is 0 Å². The number of rotatable bonds is 6. The molecule has 3 aromatic rings. The van der Waals surface area contributed by atoms with E-state index in [1.165, 1.54) is 17.0 Å². The predicted octanol–water partition coefficient (Wildman–Crippen LogP) is 3.94. The Bertz CT molecular complexity index is 1250. The Kier molecular flexibility index (Phi) is 5.96. The van der Waals surface area contributed by atoms with Crippen molar-refractivity contribution in [1.82, 2.24) is 19.7 Å². The Balaban J connectivity index is 1.50. The van der Waals surface area contributed by atoms with Gasteiger partial charge in [0.25, 0.3) is 5.91 Å². The number of ether oxygens (including phenoxy) is 1. The summed E-state index contributed by atoms with van der Waals surface area (Å²) >= 11 is 0. The lowest BCUT2D eigenvalue weighted by Gasteiger charge is -2.21. The van der Waals surface area contributed by atoms with E-state index in [4.69, 9.17) is 4.74 Å². The first-order valence-electron chi connectivity index (χ1n) is 11.4. The van der Waals surface area contributed by atoms with Gasteiger partial charge in [0.05, 0.1) is 24.8 Å². The van der Waals surface area contributed by atoms with Crippen LogP contribution in [0, 0.1) is 0 Å². The van der Waals surface area contributed by atoms with Crippen LogP contribution in [-0.4, -0.2) is 44.9 Å². The lowest BCUT2D eigenvalue weighted by Crippen LogP contribution is -2.26. The third-order valence-electron chi connectivity index (χ3n) is 6.53. The van der Waals surface area contributed by atoms with Gasteiger partial charge in [-0.2, -0.15) is 13.2 Å². The molecule has 0 radical (unpaired) electrons. The molecule has 1 saturated heterocycles.